The van der Waals surface area contributed by atoms with Gasteiger partial charge >= 0.3 is 0 Å². The molecule has 11 heavy (non-hydrogen) atoms. The first kappa shape index (κ1) is 7.85. The van der Waals surface area contributed by atoms with E-state index in [2.05, 4.69) is 11.9 Å². The predicted molar refractivity (Wildman–Crippen MR) is 44.4 cm³/mol. The molecule has 1 aromatic rings. The summed E-state index contributed by atoms with van der Waals surface area (Å²) in [5.74, 6) is 1.29. The van der Waals surface area contributed by atoms with Gasteiger partial charge in [-0.05, 0) is 12.5 Å². The second kappa shape index (κ2) is 3.81. The molecule has 2 N–H and O–H groups in total. The Morgan fingerprint density at radius 2 is 2.45 bits per heavy atom. The number of nitrogens with zero attached hydrogens (tertiary/aromatic N) is 1. The van der Waals surface area contributed by atoms with E-state index < -0.39 is 0 Å². The lowest BCUT2D eigenvalue weighted by Crippen LogP contribution is -1.96. The van der Waals surface area contributed by atoms with Crippen LogP contribution in [0.3, 0.4) is 0 Å². The van der Waals surface area contributed by atoms with Gasteiger partial charge in [0.05, 0.1) is 6.61 Å². The highest BCUT2D eigenvalue weighted by Gasteiger charge is 1.92. The molecular weight excluding hydrogens is 140 g/mol. The Morgan fingerprint density at radius 1 is 1.64 bits per heavy atom. The maximum absolute atomic E-state index is 5.44. The van der Waals surface area contributed by atoms with Crippen molar-refractivity contribution < 1.29 is 4.74 Å². The van der Waals surface area contributed by atoms with Gasteiger partial charge in [-0.1, -0.05) is 6.92 Å². The Kier molecular flexibility index (Phi) is 2.72. The molecule has 0 atom stereocenters. The fourth-order valence-electron chi connectivity index (χ4n) is 0.738. The monoisotopic (exact) mass is 152 g/mol. The Morgan fingerprint density at radius 3 is 3.09 bits per heavy atom. The van der Waals surface area contributed by atoms with Crippen molar-refractivity contribution >= 4 is 5.82 Å². The third-order valence-electron chi connectivity index (χ3n) is 1.23. The number of hydrogen-bond donors (Lipinski definition) is 1. The average molecular weight is 152 g/mol. The first-order valence-corrected chi connectivity index (χ1v) is 3.67. The van der Waals surface area contributed by atoms with Gasteiger partial charge in [-0.15, -0.1) is 0 Å². The van der Waals surface area contributed by atoms with Gasteiger partial charge in [0, 0.05) is 12.3 Å². The number of rotatable bonds is 3. The Hall–Kier alpha value is -1.25. The highest BCUT2D eigenvalue weighted by atomic mass is 16.5. The molecule has 0 amide bonds. The molecule has 0 bridgehead atoms. The number of hydrogen-bond acceptors (Lipinski definition) is 3. The zero-order valence-corrected chi connectivity index (χ0v) is 6.58. The van der Waals surface area contributed by atoms with E-state index in [9.17, 15) is 0 Å². The van der Waals surface area contributed by atoms with Crippen LogP contribution in [0, 0.1) is 0 Å². The van der Waals surface area contributed by atoms with Crippen LogP contribution < -0.4 is 10.5 Å². The van der Waals surface area contributed by atoms with Crippen molar-refractivity contribution in [1.82, 2.24) is 4.98 Å². The molecule has 0 aliphatic rings. The van der Waals surface area contributed by atoms with Crippen molar-refractivity contribution in [1.29, 1.82) is 0 Å². The molecule has 1 heterocycles. The molecule has 0 aliphatic carbocycles. The average Bonchev–Trinajstić information content (AvgIpc) is 2.01. The summed E-state index contributed by atoms with van der Waals surface area (Å²) in [5.41, 5.74) is 5.44. The molecule has 0 saturated carbocycles. The van der Waals surface area contributed by atoms with Crippen LogP contribution in [0.5, 0.6) is 5.75 Å². The molecular formula is C8H12N2O. The van der Waals surface area contributed by atoms with E-state index in [0.717, 1.165) is 18.8 Å². The molecule has 60 valence electrons. The third kappa shape index (κ3) is 2.45. The minimum absolute atomic E-state index is 0.499. The van der Waals surface area contributed by atoms with E-state index in [0.29, 0.717) is 5.82 Å². The van der Waals surface area contributed by atoms with Crippen LogP contribution in [0.2, 0.25) is 0 Å². The van der Waals surface area contributed by atoms with Crippen LogP contribution in [0.15, 0.2) is 18.3 Å². The van der Waals surface area contributed by atoms with Crippen LogP contribution in [0.25, 0.3) is 0 Å². The maximum atomic E-state index is 5.44. The van der Waals surface area contributed by atoms with Crippen molar-refractivity contribution in [2.75, 3.05) is 12.3 Å². The Balaban J connectivity index is 2.56. The minimum atomic E-state index is 0.499. The van der Waals surface area contributed by atoms with Crippen LogP contribution in [-0.4, -0.2) is 11.6 Å². The third-order valence-corrected chi connectivity index (χ3v) is 1.23. The summed E-state index contributed by atoms with van der Waals surface area (Å²) in [5, 5.41) is 0. The van der Waals surface area contributed by atoms with Gasteiger partial charge in [0.15, 0.2) is 0 Å². The second-order valence-corrected chi connectivity index (χ2v) is 2.26. The quantitative estimate of drug-likeness (QED) is 0.713. The second-order valence-electron chi connectivity index (χ2n) is 2.26. The standard InChI is InChI=1S/C8H12N2O/c1-2-5-11-7-3-4-10-8(9)6-7/h3-4,6H,2,5H2,1H3,(H2,9,10). The first-order chi connectivity index (χ1) is 5.33. The van der Waals surface area contributed by atoms with Crippen molar-refractivity contribution in [3.63, 3.8) is 0 Å². The number of pyridine rings is 1. The Labute approximate surface area is 66.2 Å². The summed E-state index contributed by atoms with van der Waals surface area (Å²) in [6.45, 7) is 2.79. The summed E-state index contributed by atoms with van der Waals surface area (Å²) in [6.07, 6.45) is 2.64. The molecule has 1 aromatic heterocycles. The molecule has 0 aliphatic heterocycles. The van der Waals surface area contributed by atoms with Gasteiger partial charge in [-0.2, -0.15) is 0 Å². The lowest BCUT2D eigenvalue weighted by atomic mass is 10.4. The minimum Gasteiger partial charge on any atom is -0.493 e. The molecule has 0 aromatic carbocycles. The highest BCUT2D eigenvalue weighted by Crippen LogP contribution is 2.11. The topological polar surface area (TPSA) is 48.1 Å². The first-order valence-electron chi connectivity index (χ1n) is 3.67. The van der Waals surface area contributed by atoms with Crippen molar-refractivity contribution in [3.05, 3.63) is 18.3 Å². The lowest BCUT2D eigenvalue weighted by molar-refractivity contribution is 0.317. The van der Waals surface area contributed by atoms with Gasteiger partial charge in [0.1, 0.15) is 11.6 Å². The number of nitrogens with two attached hydrogens (primary N) is 1. The van der Waals surface area contributed by atoms with Gasteiger partial charge in [0.2, 0.25) is 0 Å². The zero-order chi connectivity index (χ0) is 8.10. The molecule has 0 unspecified atom stereocenters. The molecule has 1 rings (SSSR count). The van der Waals surface area contributed by atoms with Crippen LogP contribution in [-0.2, 0) is 0 Å². The molecule has 3 heteroatoms. The smallest absolute Gasteiger partial charge is 0.126 e. The normalized spacial score (nSPS) is 9.55. The summed E-state index contributed by atoms with van der Waals surface area (Å²) in [7, 11) is 0. The fraction of sp³-hybridized carbons (Fsp3) is 0.375. The SMILES string of the molecule is CCCOc1ccnc(N)c1. The largest absolute Gasteiger partial charge is 0.493 e. The van der Waals surface area contributed by atoms with Crippen LogP contribution in [0.1, 0.15) is 13.3 Å². The number of ether oxygens (including phenoxy) is 1. The van der Waals surface area contributed by atoms with E-state index >= 15 is 0 Å². The number of anilines is 1. The Bertz CT molecular complexity index is 225. The summed E-state index contributed by atoms with van der Waals surface area (Å²) >= 11 is 0. The van der Waals surface area contributed by atoms with Crippen LogP contribution >= 0.6 is 0 Å². The molecule has 0 saturated heterocycles. The molecule has 0 radical (unpaired) electrons. The summed E-state index contributed by atoms with van der Waals surface area (Å²) in [6, 6.07) is 3.52. The van der Waals surface area contributed by atoms with Gasteiger partial charge in [-0.25, -0.2) is 4.98 Å². The molecule has 0 fully saturated rings. The number of nitrogen functional groups attached to an aromatic ring is 1. The van der Waals surface area contributed by atoms with E-state index in [4.69, 9.17) is 10.5 Å². The van der Waals surface area contributed by atoms with E-state index in [1.54, 1.807) is 18.3 Å². The lowest BCUT2D eigenvalue weighted by Gasteiger charge is -2.03. The predicted octanol–water partition coefficient (Wildman–Crippen LogP) is 1.45. The van der Waals surface area contributed by atoms with E-state index in [1.165, 1.54) is 0 Å². The fourth-order valence-corrected chi connectivity index (χ4v) is 0.738. The summed E-state index contributed by atoms with van der Waals surface area (Å²) in [4.78, 5) is 3.85. The highest BCUT2D eigenvalue weighted by molar-refractivity contribution is 5.35. The van der Waals surface area contributed by atoms with E-state index in [1.807, 2.05) is 0 Å². The van der Waals surface area contributed by atoms with Crippen molar-refractivity contribution in [3.8, 4) is 5.75 Å². The molecule has 3 nitrogen and oxygen atoms in total. The van der Waals surface area contributed by atoms with Crippen molar-refractivity contribution in [2.24, 2.45) is 0 Å². The maximum Gasteiger partial charge on any atom is 0.126 e. The van der Waals surface area contributed by atoms with Crippen molar-refractivity contribution in [2.45, 2.75) is 13.3 Å². The number of aromatic nitrogens is 1. The van der Waals surface area contributed by atoms with Gasteiger partial charge < -0.3 is 10.5 Å². The molecule has 0 spiro atoms. The van der Waals surface area contributed by atoms with Crippen LogP contribution in [0.4, 0.5) is 5.82 Å². The van der Waals surface area contributed by atoms with Gasteiger partial charge in [-0.3, -0.25) is 0 Å². The van der Waals surface area contributed by atoms with Gasteiger partial charge in [0.25, 0.3) is 0 Å². The van der Waals surface area contributed by atoms with E-state index in [-0.39, 0.29) is 0 Å². The summed E-state index contributed by atoms with van der Waals surface area (Å²) < 4.78 is 5.32. The zero-order valence-electron chi connectivity index (χ0n) is 6.58.